The van der Waals surface area contributed by atoms with Crippen LogP contribution in [0, 0.1) is 0 Å². The summed E-state index contributed by atoms with van der Waals surface area (Å²) in [6.45, 7) is 2.36. The van der Waals surface area contributed by atoms with Gasteiger partial charge in [0.05, 0.1) is 13.3 Å². The summed E-state index contributed by atoms with van der Waals surface area (Å²) in [4.78, 5) is 11.0. The van der Waals surface area contributed by atoms with Crippen molar-refractivity contribution in [2.75, 3.05) is 7.11 Å². The Labute approximate surface area is 76.5 Å². The van der Waals surface area contributed by atoms with E-state index < -0.39 is 0 Å². The second kappa shape index (κ2) is 4.61. The molecule has 13 heavy (non-hydrogen) atoms. The van der Waals surface area contributed by atoms with Crippen molar-refractivity contribution < 1.29 is 9.53 Å². The Bertz CT molecular complexity index is 258. The van der Waals surface area contributed by atoms with E-state index in [0.717, 1.165) is 5.56 Å². The highest BCUT2D eigenvalue weighted by atomic mass is 16.5. The molecule has 0 spiro atoms. The molecule has 1 aromatic rings. The van der Waals surface area contributed by atoms with Crippen molar-refractivity contribution in [2.24, 2.45) is 0 Å². The number of nitrogens with zero attached hydrogens (tertiary/aromatic N) is 1. The molecule has 1 rings (SSSR count). The van der Waals surface area contributed by atoms with Gasteiger partial charge in [-0.05, 0) is 6.92 Å². The number of esters is 1. The average Bonchev–Trinajstić information content (AvgIpc) is 2.65. The SMILES string of the molecule is COC(=O)[C@H](C)NCc1cn[nH]c1. The molecule has 1 aromatic heterocycles. The number of methoxy groups -OCH3 is 1. The first kappa shape index (κ1) is 9.73. The highest BCUT2D eigenvalue weighted by Gasteiger charge is 2.11. The van der Waals surface area contributed by atoms with Gasteiger partial charge >= 0.3 is 5.97 Å². The van der Waals surface area contributed by atoms with E-state index in [-0.39, 0.29) is 12.0 Å². The van der Waals surface area contributed by atoms with E-state index in [1.165, 1.54) is 7.11 Å². The Morgan fingerprint density at radius 3 is 3.15 bits per heavy atom. The Balaban J connectivity index is 2.30. The summed E-state index contributed by atoms with van der Waals surface area (Å²) in [6, 6.07) is -0.292. The van der Waals surface area contributed by atoms with Gasteiger partial charge in [0, 0.05) is 18.3 Å². The van der Waals surface area contributed by atoms with E-state index >= 15 is 0 Å². The molecule has 0 saturated heterocycles. The van der Waals surface area contributed by atoms with Crippen molar-refractivity contribution in [1.82, 2.24) is 15.5 Å². The minimum absolute atomic E-state index is 0.261. The van der Waals surface area contributed by atoms with Crippen LogP contribution in [0.15, 0.2) is 12.4 Å². The molecule has 5 nitrogen and oxygen atoms in total. The normalized spacial score (nSPS) is 12.5. The van der Waals surface area contributed by atoms with Gasteiger partial charge in [-0.25, -0.2) is 0 Å². The van der Waals surface area contributed by atoms with Crippen LogP contribution in [0.25, 0.3) is 0 Å². The van der Waals surface area contributed by atoms with Gasteiger partial charge in [0.1, 0.15) is 6.04 Å². The predicted octanol–water partition coefficient (Wildman–Crippen LogP) is 0.0608. The molecule has 0 fully saturated rings. The maximum atomic E-state index is 11.0. The van der Waals surface area contributed by atoms with E-state index in [0.29, 0.717) is 6.54 Å². The fourth-order valence-corrected chi connectivity index (χ4v) is 0.905. The highest BCUT2D eigenvalue weighted by Crippen LogP contribution is 1.94. The Morgan fingerprint density at radius 2 is 2.62 bits per heavy atom. The summed E-state index contributed by atoms with van der Waals surface area (Å²) in [5.41, 5.74) is 1.01. The number of aromatic amines is 1. The zero-order valence-electron chi connectivity index (χ0n) is 7.70. The number of ether oxygens (including phenoxy) is 1. The largest absolute Gasteiger partial charge is 0.468 e. The molecule has 2 N–H and O–H groups in total. The maximum Gasteiger partial charge on any atom is 0.322 e. The van der Waals surface area contributed by atoms with Crippen LogP contribution >= 0.6 is 0 Å². The summed E-state index contributed by atoms with van der Waals surface area (Å²) in [5.74, 6) is -0.261. The lowest BCUT2D eigenvalue weighted by Crippen LogP contribution is -2.34. The number of carbonyl (C=O) groups excluding carboxylic acids is 1. The van der Waals surface area contributed by atoms with Crippen LogP contribution in [-0.4, -0.2) is 29.3 Å². The molecule has 1 atom stereocenters. The fraction of sp³-hybridized carbons (Fsp3) is 0.500. The molecule has 0 aromatic carbocycles. The quantitative estimate of drug-likeness (QED) is 0.648. The van der Waals surface area contributed by atoms with Crippen LogP contribution in [-0.2, 0) is 16.1 Å². The third-order valence-corrected chi connectivity index (χ3v) is 1.72. The monoisotopic (exact) mass is 183 g/mol. The number of hydrogen-bond acceptors (Lipinski definition) is 4. The van der Waals surface area contributed by atoms with Crippen LogP contribution in [0.1, 0.15) is 12.5 Å². The van der Waals surface area contributed by atoms with Gasteiger partial charge in [-0.2, -0.15) is 5.10 Å². The molecule has 5 heteroatoms. The van der Waals surface area contributed by atoms with Crippen molar-refractivity contribution in [3.05, 3.63) is 18.0 Å². The molecule has 0 amide bonds. The van der Waals surface area contributed by atoms with Gasteiger partial charge in [0.2, 0.25) is 0 Å². The van der Waals surface area contributed by atoms with Crippen molar-refractivity contribution in [1.29, 1.82) is 0 Å². The fourth-order valence-electron chi connectivity index (χ4n) is 0.905. The van der Waals surface area contributed by atoms with Crippen LogP contribution < -0.4 is 5.32 Å². The second-order valence-electron chi connectivity index (χ2n) is 2.73. The van der Waals surface area contributed by atoms with Gasteiger partial charge in [-0.3, -0.25) is 9.89 Å². The smallest absolute Gasteiger partial charge is 0.322 e. The number of H-pyrrole nitrogens is 1. The molecule has 0 unspecified atom stereocenters. The molecule has 0 aliphatic heterocycles. The molecule has 1 heterocycles. The minimum Gasteiger partial charge on any atom is -0.468 e. The Hall–Kier alpha value is -1.36. The number of aromatic nitrogens is 2. The maximum absolute atomic E-state index is 11.0. The van der Waals surface area contributed by atoms with E-state index in [4.69, 9.17) is 0 Å². The molecule has 0 saturated carbocycles. The average molecular weight is 183 g/mol. The summed E-state index contributed by atoms with van der Waals surface area (Å²) in [7, 11) is 1.37. The summed E-state index contributed by atoms with van der Waals surface area (Å²) >= 11 is 0. The number of rotatable bonds is 4. The number of carbonyl (C=O) groups is 1. The molecule has 0 aliphatic rings. The van der Waals surface area contributed by atoms with Gasteiger partial charge in [-0.1, -0.05) is 0 Å². The van der Waals surface area contributed by atoms with E-state index in [1.807, 2.05) is 0 Å². The zero-order chi connectivity index (χ0) is 9.68. The van der Waals surface area contributed by atoms with Crippen LogP contribution in [0.4, 0.5) is 0 Å². The first-order valence-corrected chi connectivity index (χ1v) is 4.03. The lowest BCUT2D eigenvalue weighted by molar-refractivity contribution is -0.142. The first-order chi connectivity index (χ1) is 6.24. The first-order valence-electron chi connectivity index (χ1n) is 4.03. The summed E-state index contributed by atoms with van der Waals surface area (Å²) in [6.07, 6.45) is 3.48. The van der Waals surface area contributed by atoms with E-state index in [2.05, 4.69) is 20.3 Å². The van der Waals surface area contributed by atoms with Gasteiger partial charge < -0.3 is 10.1 Å². The van der Waals surface area contributed by atoms with Crippen LogP contribution in [0.2, 0.25) is 0 Å². The molecule has 72 valence electrons. The van der Waals surface area contributed by atoms with Crippen molar-refractivity contribution >= 4 is 5.97 Å². The van der Waals surface area contributed by atoms with E-state index in [9.17, 15) is 4.79 Å². The summed E-state index contributed by atoms with van der Waals surface area (Å²) in [5, 5.41) is 9.48. The van der Waals surface area contributed by atoms with Crippen molar-refractivity contribution in [3.63, 3.8) is 0 Å². The van der Waals surface area contributed by atoms with Crippen molar-refractivity contribution in [3.8, 4) is 0 Å². The van der Waals surface area contributed by atoms with Crippen LogP contribution in [0.5, 0.6) is 0 Å². The van der Waals surface area contributed by atoms with Crippen molar-refractivity contribution in [2.45, 2.75) is 19.5 Å². The number of hydrogen-bond donors (Lipinski definition) is 2. The third kappa shape index (κ3) is 2.87. The molecule has 0 bridgehead atoms. The summed E-state index contributed by atoms with van der Waals surface area (Å²) < 4.78 is 4.56. The minimum atomic E-state index is -0.292. The lowest BCUT2D eigenvalue weighted by Gasteiger charge is -2.09. The predicted molar refractivity (Wildman–Crippen MR) is 46.9 cm³/mol. The van der Waals surface area contributed by atoms with Crippen LogP contribution in [0.3, 0.4) is 0 Å². The van der Waals surface area contributed by atoms with E-state index in [1.54, 1.807) is 19.3 Å². The third-order valence-electron chi connectivity index (χ3n) is 1.72. The Morgan fingerprint density at radius 1 is 1.85 bits per heavy atom. The molecule has 0 aliphatic carbocycles. The zero-order valence-corrected chi connectivity index (χ0v) is 7.70. The lowest BCUT2D eigenvalue weighted by atomic mass is 10.3. The Kier molecular flexibility index (Phi) is 3.45. The van der Waals surface area contributed by atoms with Gasteiger partial charge in [-0.15, -0.1) is 0 Å². The molecular formula is C8H13N3O2. The topological polar surface area (TPSA) is 67.0 Å². The number of nitrogens with one attached hydrogen (secondary N) is 2. The molecule has 0 radical (unpaired) electrons. The standard InChI is InChI=1S/C8H13N3O2/c1-6(8(12)13-2)9-3-7-4-10-11-5-7/h4-6,9H,3H2,1-2H3,(H,10,11)/t6-/m0/s1. The van der Waals surface area contributed by atoms with Gasteiger partial charge in [0.15, 0.2) is 0 Å². The van der Waals surface area contributed by atoms with Gasteiger partial charge in [0.25, 0.3) is 0 Å². The molecular weight excluding hydrogens is 170 g/mol. The highest BCUT2D eigenvalue weighted by molar-refractivity contribution is 5.75. The second-order valence-corrected chi connectivity index (χ2v) is 2.73.